The van der Waals surface area contributed by atoms with Crippen LogP contribution in [0.3, 0.4) is 0 Å². The highest BCUT2D eigenvalue weighted by molar-refractivity contribution is 5.76. The third-order valence-corrected chi connectivity index (χ3v) is 3.11. The van der Waals surface area contributed by atoms with Crippen molar-refractivity contribution in [2.24, 2.45) is 0 Å². The van der Waals surface area contributed by atoms with Crippen molar-refractivity contribution < 1.29 is 9.53 Å². The van der Waals surface area contributed by atoms with Crippen molar-refractivity contribution in [3.05, 3.63) is 71.8 Å². The maximum atomic E-state index is 11.5. The maximum absolute atomic E-state index is 11.5. The molecule has 1 aliphatic rings. The summed E-state index contributed by atoms with van der Waals surface area (Å²) in [5, 5.41) is 0. The fourth-order valence-electron chi connectivity index (χ4n) is 2.13. The first kappa shape index (κ1) is 10.8. The van der Waals surface area contributed by atoms with Gasteiger partial charge in [-0.2, -0.15) is 0 Å². The summed E-state index contributed by atoms with van der Waals surface area (Å²) in [5.41, 5.74) is 0.826. The lowest BCUT2D eigenvalue weighted by Gasteiger charge is -2.30. The Balaban J connectivity index is 2.10. The van der Waals surface area contributed by atoms with Crippen LogP contribution in [0, 0.1) is 0 Å². The van der Waals surface area contributed by atoms with Crippen LogP contribution < -0.4 is 4.74 Å². The summed E-state index contributed by atoms with van der Waals surface area (Å²) < 4.78 is 5.90. The molecule has 1 heterocycles. The highest BCUT2D eigenvalue weighted by Crippen LogP contribution is 2.35. The molecule has 0 aromatic heterocycles. The molecule has 1 unspecified atom stereocenters. The molecule has 0 radical (unpaired) electrons. The first-order valence-electron chi connectivity index (χ1n) is 5.83. The Morgan fingerprint density at radius 3 is 2.44 bits per heavy atom. The van der Waals surface area contributed by atoms with E-state index in [1.54, 1.807) is 6.08 Å². The summed E-state index contributed by atoms with van der Waals surface area (Å²) in [5.74, 6) is 0.732. The van der Waals surface area contributed by atoms with E-state index in [0.29, 0.717) is 0 Å². The Morgan fingerprint density at radius 2 is 1.67 bits per heavy atom. The topological polar surface area (TPSA) is 26.3 Å². The molecule has 2 aromatic rings. The Bertz CT molecular complexity index is 602. The quantitative estimate of drug-likeness (QED) is 0.748. The largest absolute Gasteiger partial charge is 0.470 e. The predicted octanol–water partition coefficient (Wildman–Crippen LogP) is 3.19. The van der Waals surface area contributed by atoms with E-state index in [1.165, 1.54) is 0 Å². The molecular weight excluding hydrogens is 224 g/mol. The van der Waals surface area contributed by atoms with Gasteiger partial charge >= 0.3 is 0 Å². The monoisotopic (exact) mass is 236 g/mol. The van der Waals surface area contributed by atoms with Crippen molar-refractivity contribution in [2.45, 2.75) is 5.60 Å². The number of carbonyl (C=O) groups excluding carboxylic acids is 1. The van der Waals surface area contributed by atoms with Crippen molar-refractivity contribution in [3.63, 3.8) is 0 Å². The van der Waals surface area contributed by atoms with Crippen LogP contribution in [0.2, 0.25) is 0 Å². The van der Waals surface area contributed by atoms with E-state index in [9.17, 15) is 4.79 Å². The lowest BCUT2D eigenvalue weighted by atomic mass is 9.91. The minimum atomic E-state index is -1.00. The van der Waals surface area contributed by atoms with Gasteiger partial charge in [0.05, 0.1) is 0 Å². The minimum Gasteiger partial charge on any atom is -0.470 e. The smallest absolute Gasteiger partial charge is 0.207 e. The van der Waals surface area contributed by atoms with E-state index >= 15 is 0 Å². The van der Waals surface area contributed by atoms with Gasteiger partial charge in [0.15, 0.2) is 6.29 Å². The Kier molecular flexibility index (Phi) is 2.49. The fraction of sp³-hybridized carbons (Fsp3) is 0.0625. The maximum Gasteiger partial charge on any atom is 0.207 e. The SMILES string of the molecule is O=CC1(c2ccccc2)C=Cc2ccccc2O1. The molecule has 0 bridgehead atoms. The van der Waals surface area contributed by atoms with Crippen LogP contribution in [-0.4, -0.2) is 6.29 Å². The number of carbonyl (C=O) groups is 1. The second-order valence-electron chi connectivity index (χ2n) is 4.25. The van der Waals surface area contributed by atoms with Gasteiger partial charge in [0.25, 0.3) is 0 Å². The Labute approximate surface area is 106 Å². The molecule has 0 saturated carbocycles. The molecule has 1 aliphatic heterocycles. The van der Waals surface area contributed by atoms with Gasteiger partial charge in [-0.15, -0.1) is 0 Å². The number of benzene rings is 2. The van der Waals surface area contributed by atoms with Crippen LogP contribution >= 0.6 is 0 Å². The van der Waals surface area contributed by atoms with Crippen LogP contribution in [0.15, 0.2) is 60.7 Å². The molecule has 3 rings (SSSR count). The van der Waals surface area contributed by atoms with Crippen LogP contribution in [-0.2, 0) is 10.4 Å². The highest BCUT2D eigenvalue weighted by atomic mass is 16.5. The molecule has 2 nitrogen and oxygen atoms in total. The molecule has 0 aliphatic carbocycles. The number of para-hydroxylation sites is 1. The van der Waals surface area contributed by atoms with E-state index < -0.39 is 5.60 Å². The number of aldehydes is 1. The summed E-state index contributed by atoms with van der Waals surface area (Å²) in [6.45, 7) is 0. The zero-order valence-electron chi connectivity index (χ0n) is 9.74. The van der Waals surface area contributed by atoms with Crippen molar-refractivity contribution in [1.82, 2.24) is 0 Å². The van der Waals surface area contributed by atoms with E-state index in [4.69, 9.17) is 4.74 Å². The minimum absolute atomic E-state index is 0.732. The van der Waals surface area contributed by atoms with Gasteiger partial charge in [-0.3, -0.25) is 4.79 Å². The second kappa shape index (κ2) is 4.15. The molecule has 18 heavy (non-hydrogen) atoms. The Morgan fingerprint density at radius 1 is 0.944 bits per heavy atom. The first-order valence-corrected chi connectivity index (χ1v) is 5.83. The van der Waals surface area contributed by atoms with Gasteiger partial charge in [-0.25, -0.2) is 0 Å². The van der Waals surface area contributed by atoms with Crippen molar-refractivity contribution in [3.8, 4) is 5.75 Å². The summed E-state index contributed by atoms with van der Waals surface area (Å²) >= 11 is 0. The first-order chi connectivity index (χ1) is 8.84. The van der Waals surface area contributed by atoms with E-state index in [1.807, 2.05) is 60.7 Å². The average Bonchev–Trinajstić information content (AvgIpc) is 2.47. The third kappa shape index (κ3) is 1.63. The summed E-state index contributed by atoms with van der Waals surface area (Å²) in [4.78, 5) is 11.5. The summed E-state index contributed by atoms with van der Waals surface area (Å²) in [7, 11) is 0. The molecule has 1 atom stereocenters. The second-order valence-corrected chi connectivity index (χ2v) is 4.25. The van der Waals surface area contributed by atoms with Gasteiger partial charge in [0, 0.05) is 11.1 Å². The van der Waals surface area contributed by atoms with Gasteiger partial charge < -0.3 is 4.74 Å². The van der Waals surface area contributed by atoms with Crippen LogP contribution in [0.5, 0.6) is 5.75 Å². The lowest BCUT2D eigenvalue weighted by molar-refractivity contribution is -0.118. The number of fused-ring (bicyclic) bond motifs is 1. The van der Waals surface area contributed by atoms with Crippen LogP contribution in [0.4, 0.5) is 0 Å². The van der Waals surface area contributed by atoms with Gasteiger partial charge in [-0.05, 0) is 12.1 Å². The zero-order chi connectivity index (χ0) is 12.4. The molecule has 0 saturated heterocycles. The third-order valence-electron chi connectivity index (χ3n) is 3.11. The average molecular weight is 236 g/mol. The van der Waals surface area contributed by atoms with Crippen molar-refractivity contribution in [2.75, 3.05) is 0 Å². The fourth-order valence-corrected chi connectivity index (χ4v) is 2.13. The molecule has 2 heteroatoms. The number of ether oxygens (including phenoxy) is 1. The normalized spacial score (nSPS) is 20.9. The van der Waals surface area contributed by atoms with Gasteiger partial charge in [0.2, 0.25) is 5.60 Å². The predicted molar refractivity (Wildman–Crippen MR) is 70.3 cm³/mol. The number of hydrogen-bond donors (Lipinski definition) is 0. The summed E-state index contributed by atoms with van der Waals surface area (Å²) in [6, 6.07) is 17.2. The Hall–Kier alpha value is -2.35. The van der Waals surface area contributed by atoms with E-state index in [2.05, 4.69) is 0 Å². The molecule has 0 spiro atoms. The van der Waals surface area contributed by atoms with Crippen LogP contribution in [0.1, 0.15) is 11.1 Å². The van der Waals surface area contributed by atoms with Crippen molar-refractivity contribution >= 4 is 12.4 Å². The zero-order valence-corrected chi connectivity index (χ0v) is 9.74. The van der Waals surface area contributed by atoms with E-state index in [-0.39, 0.29) is 0 Å². The number of rotatable bonds is 2. The van der Waals surface area contributed by atoms with Crippen LogP contribution in [0.25, 0.3) is 6.08 Å². The highest BCUT2D eigenvalue weighted by Gasteiger charge is 2.34. The molecule has 2 aromatic carbocycles. The molecule has 0 fully saturated rings. The molecule has 0 amide bonds. The molecular formula is C16H12O2. The molecule has 0 N–H and O–H groups in total. The number of hydrogen-bond acceptors (Lipinski definition) is 2. The molecule has 88 valence electrons. The van der Waals surface area contributed by atoms with E-state index in [0.717, 1.165) is 23.2 Å². The van der Waals surface area contributed by atoms with Gasteiger partial charge in [-0.1, -0.05) is 54.6 Å². The van der Waals surface area contributed by atoms with Gasteiger partial charge in [0.1, 0.15) is 5.75 Å². The summed E-state index contributed by atoms with van der Waals surface area (Å²) in [6.07, 6.45) is 4.58. The standard InChI is InChI=1S/C16H12O2/c17-12-16(14-7-2-1-3-8-14)11-10-13-6-4-5-9-15(13)18-16/h1-12H. The lowest BCUT2D eigenvalue weighted by Crippen LogP contribution is -2.34. The van der Waals surface area contributed by atoms with Crippen molar-refractivity contribution in [1.29, 1.82) is 0 Å².